The summed E-state index contributed by atoms with van der Waals surface area (Å²) >= 11 is 8.03. The first-order chi connectivity index (χ1) is 15.7. The Bertz CT molecular complexity index is 1400. The summed E-state index contributed by atoms with van der Waals surface area (Å²) in [5.41, 5.74) is 1.93. The Hall–Kier alpha value is -2.45. The topological polar surface area (TPSA) is 72.2 Å². The molecule has 0 radical (unpaired) electrons. The third-order valence-corrected chi connectivity index (χ3v) is 8.43. The molecule has 8 heteroatoms. The first-order valence-corrected chi connectivity index (χ1v) is 13.7. The molecule has 0 aliphatic carbocycles. The van der Waals surface area contributed by atoms with Crippen molar-refractivity contribution < 1.29 is 13.5 Å². The van der Waals surface area contributed by atoms with Gasteiger partial charge in [-0.3, -0.25) is 0 Å². The highest BCUT2D eigenvalue weighted by Gasteiger charge is 2.30. The van der Waals surface area contributed by atoms with Crippen LogP contribution in [0.25, 0.3) is 26.7 Å². The Labute approximate surface area is 203 Å². The Morgan fingerprint density at radius 1 is 1.00 bits per heavy atom. The van der Waals surface area contributed by atoms with Gasteiger partial charge in [0.25, 0.3) is 0 Å². The number of aliphatic hydroxyl groups is 1. The molecule has 0 bridgehead atoms. The van der Waals surface area contributed by atoms with Crippen molar-refractivity contribution in [1.29, 1.82) is 0 Å². The molecule has 0 spiro atoms. The normalized spacial score (nSPS) is 12.3. The molecule has 0 aliphatic heterocycles. The zero-order chi connectivity index (χ0) is 23.8. The number of aromatic nitrogens is 2. The fourth-order valence-corrected chi connectivity index (χ4v) is 5.60. The van der Waals surface area contributed by atoms with E-state index >= 15 is 0 Å². The van der Waals surface area contributed by atoms with Crippen molar-refractivity contribution in [3.63, 3.8) is 0 Å². The van der Waals surface area contributed by atoms with E-state index in [1.165, 1.54) is 17.6 Å². The predicted octanol–water partition coefficient (Wildman–Crippen LogP) is 6.33. The van der Waals surface area contributed by atoms with Crippen LogP contribution in [-0.2, 0) is 15.4 Å². The highest BCUT2D eigenvalue weighted by molar-refractivity contribution is 7.90. The molecule has 33 heavy (non-hydrogen) atoms. The molecule has 0 unspecified atom stereocenters. The molecule has 2 aromatic heterocycles. The van der Waals surface area contributed by atoms with E-state index in [1.807, 2.05) is 62.4 Å². The van der Waals surface area contributed by atoms with E-state index in [0.29, 0.717) is 23.6 Å². The lowest BCUT2D eigenvalue weighted by Gasteiger charge is -2.22. The van der Waals surface area contributed by atoms with E-state index in [9.17, 15) is 13.5 Å². The number of hydrogen-bond acceptors (Lipinski definition) is 5. The van der Waals surface area contributed by atoms with Crippen molar-refractivity contribution in [2.45, 2.75) is 37.2 Å². The number of nitrogens with zero attached hydrogens (tertiary/aromatic N) is 2. The molecule has 0 amide bonds. The van der Waals surface area contributed by atoms with Crippen LogP contribution >= 0.6 is 22.9 Å². The average molecular weight is 501 g/mol. The molecular weight excluding hydrogens is 476 g/mol. The van der Waals surface area contributed by atoms with Gasteiger partial charge < -0.3 is 5.11 Å². The Kier molecular flexibility index (Phi) is 6.51. The van der Waals surface area contributed by atoms with Crippen LogP contribution in [0, 0.1) is 0 Å². The molecule has 0 saturated carbocycles. The van der Waals surface area contributed by atoms with Crippen LogP contribution in [0.3, 0.4) is 0 Å². The second-order valence-electron chi connectivity index (χ2n) is 7.98. The number of halogens is 1. The van der Waals surface area contributed by atoms with Crippen LogP contribution in [0.4, 0.5) is 0 Å². The van der Waals surface area contributed by atoms with Gasteiger partial charge in [0.15, 0.2) is 9.84 Å². The molecule has 5 nitrogen and oxygen atoms in total. The summed E-state index contributed by atoms with van der Waals surface area (Å²) in [5, 5.41) is 16.5. The maximum Gasteiger partial charge on any atom is 0.175 e. The lowest BCUT2D eigenvalue weighted by atomic mass is 9.93. The van der Waals surface area contributed by atoms with E-state index in [4.69, 9.17) is 16.7 Å². The summed E-state index contributed by atoms with van der Waals surface area (Å²) in [7, 11) is -3.30. The molecule has 0 aliphatic rings. The molecule has 0 saturated heterocycles. The number of benzene rings is 2. The summed E-state index contributed by atoms with van der Waals surface area (Å²) < 4.78 is 25.7. The van der Waals surface area contributed by atoms with Crippen molar-refractivity contribution in [1.82, 2.24) is 9.78 Å². The summed E-state index contributed by atoms with van der Waals surface area (Å²) in [6.45, 7) is 3.88. The van der Waals surface area contributed by atoms with Gasteiger partial charge in [0.2, 0.25) is 0 Å². The summed E-state index contributed by atoms with van der Waals surface area (Å²) in [5.74, 6) is 0. The molecule has 1 N–H and O–H groups in total. The van der Waals surface area contributed by atoms with Crippen molar-refractivity contribution in [3.05, 3.63) is 77.4 Å². The molecule has 0 atom stereocenters. The predicted molar refractivity (Wildman–Crippen MR) is 135 cm³/mol. The van der Waals surface area contributed by atoms with Crippen LogP contribution in [0.1, 0.15) is 32.4 Å². The maximum absolute atomic E-state index is 12.0. The number of thiophene rings is 1. The first-order valence-electron chi connectivity index (χ1n) is 10.6. The van der Waals surface area contributed by atoms with Crippen LogP contribution in [0.5, 0.6) is 0 Å². The van der Waals surface area contributed by atoms with E-state index in [0.717, 1.165) is 26.7 Å². The number of para-hydroxylation sites is 1. The van der Waals surface area contributed by atoms with Gasteiger partial charge in [-0.05, 0) is 60.9 Å². The van der Waals surface area contributed by atoms with Gasteiger partial charge in [-0.1, -0.05) is 49.7 Å². The zero-order valence-electron chi connectivity index (χ0n) is 18.6. The molecule has 172 valence electrons. The highest BCUT2D eigenvalue weighted by Crippen LogP contribution is 2.39. The Morgan fingerprint density at radius 3 is 2.36 bits per heavy atom. The number of hydrogen-bond donors (Lipinski definition) is 1. The van der Waals surface area contributed by atoms with Crippen molar-refractivity contribution in [2.75, 3.05) is 6.26 Å². The van der Waals surface area contributed by atoms with Gasteiger partial charge in [-0.15, -0.1) is 11.3 Å². The molecule has 2 heterocycles. The number of sulfone groups is 1. The van der Waals surface area contributed by atoms with Crippen molar-refractivity contribution in [2.24, 2.45) is 0 Å². The van der Waals surface area contributed by atoms with Gasteiger partial charge in [0, 0.05) is 11.1 Å². The van der Waals surface area contributed by atoms with Gasteiger partial charge in [0.05, 0.1) is 31.9 Å². The SMILES string of the molecule is CCC(O)(CC)c1cc(-c2ccc(-c3cccc(S(C)(=O)=O)c3)s2)n(-c2ccccc2Cl)n1. The lowest BCUT2D eigenvalue weighted by molar-refractivity contribution is 0.0237. The van der Waals surface area contributed by atoms with Gasteiger partial charge in [-0.25, -0.2) is 13.1 Å². The van der Waals surface area contributed by atoms with E-state index < -0.39 is 15.4 Å². The van der Waals surface area contributed by atoms with Crippen LogP contribution in [0.2, 0.25) is 5.02 Å². The van der Waals surface area contributed by atoms with E-state index in [2.05, 4.69) is 0 Å². The van der Waals surface area contributed by atoms with Crippen LogP contribution in [0.15, 0.2) is 71.6 Å². The zero-order valence-corrected chi connectivity index (χ0v) is 21.0. The summed E-state index contributed by atoms with van der Waals surface area (Å²) in [6.07, 6.45) is 2.28. The van der Waals surface area contributed by atoms with E-state index in [1.54, 1.807) is 22.9 Å². The second kappa shape index (κ2) is 9.06. The Morgan fingerprint density at radius 2 is 1.70 bits per heavy atom. The van der Waals surface area contributed by atoms with Crippen molar-refractivity contribution >= 4 is 32.8 Å². The highest BCUT2D eigenvalue weighted by atomic mass is 35.5. The third kappa shape index (κ3) is 4.64. The van der Waals surface area contributed by atoms with Crippen LogP contribution in [-0.4, -0.2) is 29.6 Å². The molecule has 4 aromatic rings. The average Bonchev–Trinajstić information content (AvgIpc) is 3.46. The monoisotopic (exact) mass is 500 g/mol. The lowest BCUT2D eigenvalue weighted by Crippen LogP contribution is -2.24. The standard InChI is InChI=1S/C25H25ClN2O3S2/c1-4-25(29,5-2)24-16-21(28(27-24)20-12-7-6-11-19(20)26)23-14-13-22(32-23)17-9-8-10-18(15-17)33(3,30)31/h6-16,29H,4-5H2,1-3H3. The van der Waals surface area contributed by atoms with Crippen LogP contribution < -0.4 is 0 Å². The quantitative estimate of drug-likeness (QED) is 0.321. The largest absolute Gasteiger partial charge is 0.384 e. The number of rotatable bonds is 7. The molecule has 2 aromatic carbocycles. The summed E-state index contributed by atoms with van der Waals surface area (Å²) in [4.78, 5) is 2.16. The molecule has 4 rings (SSSR count). The minimum Gasteiger partial charge on any atom is -0.384 e. The fourth-order valence-electron chi connectivity index (χ4n) is 3.71. The smallest absolute Gasteiger partial charge is 0.175 e. The first kappa shape index (κ1) is 23.7. The molecular formula is C25H25ClN2O3S2. The van der Waals surface area contributed by atoms with Gasteiger partial charge in [-0.2, -0.15) is 5.10 Å². The molecule has 0 fully saturated rings. The Balaban J connectivity index is 1.86. The maximum atomic E-state index is 12.0. The fraction of sp³-hybridized carbons (Fsp3) is 0.240. The van der Waals surface area contributed by atoms with Gasteiger partial charge in [0.1, 0.15) is 5.60 Å². The minimum atomic E-state index is -3.30. The second-order valence-corrected chi connectivity index (χ2v) is 11.5. The van der Waals surface area contributed by atoms with E-state index in [-0.39, 0.29) is 4.90 Å². The summed E-state index contributed by atoms with van der Waals surface area (Å²) in [6, 6.07) is 20.3. The van der Waals surface area contributed by atoms with Gasteiger partial charge >= 0.3 is 0 Å². The third-order valence-electron chi connectivity index (χ3n) is 5.84. The van der Waals surface area contributed by atoms with Crippen molar-refractivity contribution in [3.8, 4) is 26.7 Å². The minimum absolute atomic E-state index is 0.286.